The van der Waals surface area contributed by atoms with Gasteiger partial charge in [-0.05, 0) is 0 Å². The van der Waals surface area contributed by atoms with Crippen LogP contribution in [0.3, 0.4) is 0 Å². The van der Waals surface area contributed by atoms with Crippen LogP contribution in [-0.4, -0.2) is 24.5 Å². The Morgan fingerprint density at radius 2 is 1.55 bits per heavy atom. The molecule has 0 fully saturated rings. The van der Waals surface area contributed by atoms with Gasteiger partial charge in [-0.1, -0.05) is 11.8 Å². The summed E-state index contributed by atoms with van der Waals surface area (Å²) in [6, 6.07) is 1.97. The SMILES string of the molecule is C#CCN(CC#C)CC#N.Cl. The molecule has 0 amide bonds. The molecule has 58 valence electrons. The van der Waals surface area contributed by atoms with Crippen LogP contribution in [0.4, 0.5) is 0 Å². The molecule has 0 radical (unpaired) electrons. The molecule has 0 aromatic heterocycles. The summed E-state index contributed by atoms with van der Waals surface area (Å²) in [7, 11) is 0. The normalized spacial score (nSPS) is 7.09. The lowest BCUT2D eigenvalue weighted by atomic mass is 10.4. The second kappa shape index (κ2) is 8.86. The molecule has 0 saturated carbocycles. The molecular weight excluding hydrogens is 160 g/mol. The second-order valence-electron chi connectivity index (χ2n) is 1.71. The van der Waals surface area contributed by atoms with Gasteiger partial charge in [-0.15, -0.1) is 25.3 Å². The fraction of sp³-hybridized carbons (Fsp3) is 0.375. The van der Waals surface area contributed by atoms with Crippen LogP contribution < -0.4 is 0 Å². The van der Waals surface area contributed by atoms with Crippen molar-refractivity contribution in [3.63, 3.8) is 0 Å². The Kier molecular flexibility index (Phi) is 10.1. The maximum Gasteiger partial charge on any atom is 0.0881 e. The standard InChI is InChI=1S/C8H8N2.ClH/c1-3-6-10(7-4-2)8-5-9;/h1-2H,6-8H2;1H. The van der Waals surface area contributed by atoms with E-state index in [0.29, 0.717) is 19.6 Å². The fourth-order valence-corrected chi connectivity index (χ4v) is 0.526. The lowest BCUT2D eigenvalue weighted by Gasteiger charge is -2.10. The van der Waals surface area contributed by atoms with Crippen molar-refractivity contribution in [2.45, 2.75) is 0 Å². The van der Waals surface area contributed by atoms with E-state index in [1.807, 2.05) is 6.07 Å². The molecule has 0 unspecified atom stereocenters. The van der Waals surface area contributed by atoms with Crippen molar-refractivity contribution in [2.24, 2.45) is 0 Å². The predicted octanol–water partition coefficient (Wildman–Crippen LogP) is 0.500. The Hall–Kier alpha value is -1.14. The van der Waals surface area contributed by atoms with Crippen molar-refractivity contribution in [3.8, 4) is 30.8 Å². The number of halogens is 1. The van der Waals surface area contributed by atoms with Crippen molar-refractivity contribution in [1.29, 1.82) is 5.26 Å². The Morgan fingerprint density at radius 3 is 1.82 bits per heavy atom. The van der Waals surface area contributed by atoms with Gasteiger partial charge in [-0.25, -0.2) is 0 Å². The van der Waals surface area contributed by atoms with Crippen molar-refractivity contribution in [2.75, 3.05) is 19.6 Å². The summed E-state index contributed by atoms with van der Waals surface area (Å²) in [5.74, 6) is 4.83. The zero-order valence-electron chi connectivity index (χ0n) is 6.08. The molecule has 0 aliphatic rings. The van der Waals surface area contributed by atoms with Crippen LogP contribution in [0.25, 0.3) is 0 Å². The zero-order valence-corrected chi connectivity index (χ0v) is 6.90. The van der Waals surface area contributed by atoms with E-state index in [4.69, 9.17) is 18.1 Å². The summed E-state index contributed by atoms with van der Waals surface area (Å²) in [5.41, 5.74) is 0. The molecule has 3 heteroatoms. The molecule has 0 rings (SSSR count). The predicted molar refractivity (Wildman–Crippen MR) is 47.0 cm³/mol. The topological polar surface area (TPSA) is 27.0 Å². The molecule has 0 aromatic carbocycles. The lowest BCUT2D eigenvalue weighted by Crippen LogP contribution is -2.24. The Morgan fingerprint density at radius 1 is 1.09 bits per heavy atom. The summed E-state index contributed by atoms with van der Waals surface area (Å²) >= 11 is 0. The Balaban J connectivity index is 0. The van der Waals surface area contributed by atoms with E-state index in [1.165, 1.54) is 0 Å². The molecule has 0 aromatic rings. The highest BCUT2D eigenvalue weighted by Crippen LogP contribution is 1.82. The number of hydrogen-bond acceptors (Lipinski definition) is 2. The van der Waals surface area contributed by atoms with Crippen LogP contribution in [-0.2, 0) is 0 Å². The number of terminal acetylenes is 2. The number of hydrogen-bond donors (Lipinski definition) is 0. The first-order valence-corrected chi connectivity index (χ1v) is 2.81. The summed E-state index contributed by atoms with van der Waals surface area (Å²) in [5, 5.41) is 8.26. The van der Waals surface area contributed by atoms with Crippen molar-refractivity contribution in [3.05, 3.63) is 0 Å². The number of rotatable bonds is 3. The highest BCUT2D eigenvalue weighted by atomic mass is 35.5. The molecule has 0 spiro atoms. The maximum absolute atomic E-state index is 8.26. The van der Waals surface area contributed by atoms with Crippen molar-refractivity contribution < 1.29 is 0 Å². The first-order valence-electron chi connectivity index (χ1n) is 2.81. The Labute approximate surface area is 73.6 Å². The van der Waals surface area contributed by atoms with E-state index < -0.39 is 0 Å². The molecule has 0 atom stereocenters. The molecule has 0 saturated heterocycles. The van der Waals surface area contributed by atoms with E-state index in [1.54, 1.807) is 4.90 Å². The molecule has 0 N–H and O–H groups in total. The van der Waals surface area contributed by atoms with Crippen LogP contribution in [0, 0.1) is 36.0 Å². The minimum Gasteiger partial charge on any atom is -0.268 e. The fourth-order valence-electron chi connectivity index (χ4n) is 0.526. The minimum absolute atomic E-state index is 0. The molecule has 0 heterocycles. The minimum atomic E-state index is 0. The third kappa shape index (κ3) is 6.75. The van der Waals surface area contributed by atoms with Gasteiger partial charge >= 0.3 is 0 Å². The average molecular weight is 169 g/mol. The number of nitrogens with zero attached hydrogens (tertiary/aromatic N) is 2. The summed E-state index contributed by atoms with van der Waals surface area (Å²) < 4.78 is 0. The van der Waals surface area contributed by atoms with Gasteiger partial charge in [-0.2, -0.15) is 5.26 Å². The molecule has 0 aliphatic heterocycles. The Bertz CT molecular complexity index is 166. The summed E-state index contributed by atoms with van der Waals surface area (Å²) in [4.78, 5) is 1.71. The van der Waals surface area contributed by atoms with Crippen LogP contribution >= 0.6 is 12.4 Å². The number of nitriles is 1. The largest absolute Gasteiger partial charge is 0.268 e. The van der Waals surface area contributed by atoms with Crippen molar-refractivity contribution >= 4 is 12.4 Å². The molecule has 2 nitrogen and oxygen atoms in total. The second-order valence-corrected chi connectivity index (χ2v) is 1.71. The molecule has 11 heavy (non-hydrogen) atoms. The van der Waals surface area contributed by atoms with Gasteiger partial charge in [0.2, 0.25) is 0 Å². The van der Waals surface area contributed by atoms with Gasteiger partial charge in [0.15, 0.2) is 0 Å². The first kappa shape index (κ1) is 12.5. The monoisotopic (exact) mass is 168 g/mol. The zero-order chi connectivity index (χ0) is 7.82. The smallest absolute Gasteiger partial charge is 0.0881 e. The summed E-state index contributed by atoms with van der Waals surface area (Å²) in [6.07, 6.45) is 10.0. The van der Waals surface area contributed by atoms with Crippen molar-refractivity contribution in [1.82, 2.24) is 4.90 Å². The van der Waals surface area contributed by atoms with Gasteiger partial charge in [0.05, 0.1) is 25.7 Å². The third-order valence-electron chi connectivity index (χ3n) is 0.924. The van der Waals surface area contributed by atoms with Crippen LogP contribution in [0.5, 0.6) is 0 Å². The van der Waals surface area contributed by atoms with E-state index >= 15 is 0 Å². The van der Waals surface area contributed by atoms with Gasteiger partial charge in [0.25, 0.3) is 0 Å². The van der Waals surface area contributed by atoms with E-state index in [9.17, 15) is 0 Å². The maximum atomic E-state index is 8.26. The van der Waals surface area contributed by atoms with E-state index in [0.717, 1.165) is 0 Å². The highest BCUT2D eigenvalue weighted by molar-refractivity contribution is 5.85. The molecule has 0 aliphatic carbocycles. The third-order valence-corrected chi connectivity index (χ3v) is 0.924. The first-order chi connectivity index (χ1) is 4.85. The average Bonchev–Trinajstić information content (AvgIpc) is 1.90. The summed E-state index contributed by atoms with van der Waals surface area (Å²) in [6.45, 7) is 1.18. The van der Waals surface area contributed by atoms with Gasteiger partial charge in [0.1, 0.15) is 0 Å². The van der Waals surface area contributed by atoms with Gasteiger partial charge < -0.3 is 0 Å². The highest BCUT2D eigenvalue weighted by Gasteiger charge is 1.97. The molecular formula is C8H9ClN2. The van der Waals surface area contributed by atoms with E-state index in [-0.39, 0.29) is 12.4 Å². The van der Waals surface area contributed by atoms with Crippen LogP contribution in [0.15, 0.2) is 0 Å². The quantitative estimate of drug-likeness (QED) is 0.453. The lowest BCUT2D eigenvalue weighted by molar-refractivity contribution is 0.389. The van der Waals surface area contributed by atoms with Gasteiger partial charge in [0, 0.05) is 0 Å². The van der Waals surface area contributed by atoms with Crippen LogP contribution in [0.1, 0.15) is 0 Å². The molecule has 0 bridgehead atoms. The van der Waals surface area contributed by atoms with Crippen LogP contribution in [0.2, 0.25) is 0 Å². The van der Waals surface area contributed by atoms with E-state index in [2.05, 4.69) is 11.8 Å². The van der Waals surface area contributed by atoms with Gasteiger partial charge in [-0.3, -0.25) is 4.90 Å².